The minimum Gasteiger partial charge on any atom is -0.442 e. The van der Waals surface area contributed by atoms with E-state index in [4.69, 9.17) is 9.41 Å². The monoisotopic (exact) mass is 379 g/mol. The molecule has 6 heteroatoms. The van der Waals surface area contributed by atoms with E-state index in [1.807, 2.05) is 30.7 Å². The third-order valence-electron chi connectivity index (χ3n) is 6.60. The summed E-state index contributed by atoms with van der Waals surface area (Å²) in [6.45, 7) is 0.500. The predicted octanol–water partition coefficient (Wildman–Crippen LogP) is 3.93. The van der Waals surface area contributed by atoms with Gasteiger partial charge in [-0.1, -0.05) is 12.1 Å². The predicted molar refractivity (Wildman–Crippen MR) is 107 cm³/mol. The zero-order valence-electron chi connectivity index (χ0n) is 15.6. The number of oxazole rings is 1. The Bertz CT molecular complexity index is 1280. The summed E-state index contributed by atoms with van der Waals surface area (Å²) in [5.74, 6) is 1.55. The maximum Gasteiger partial charge on any atom is 0.181 e. The lowest BCUT2D eigenvalue weighted by atomic mass is 9.96. The van der Waals surface area contributed by atoms with Gasteiger partial charge in [0.1, 0.15) is 12.0 Å². The molecule has 1 aromatic carbocycles. The van der Waals surface area contributed by atoms with Crippen molar-refractivity contribution >= 4 is 5.71 Å². The van der Waals surface area contributed by atoms with E-state index >= 15 is 0 Å². The van der Waals surface area contributed by atoms with Gasteiger partial charge in [-0.15, -0.1) is 0 Å². The molecule has 6 nitrogen and oxygen atoms in total. The van der Waals surface area contributed by atoms with Crippen LogP contribution in [-0.2, 0) is 12.0 Å². The lowest BCUT2D eigenvalue weighted by Crippen LogP contribution is -2.10. The van der Waals surface area contributed by atoms with E-state index in [1.165, 1.54) is 24.8 Å². The van der Waals surface area contributed by atoms with Gasteiger partial charge in [0.15, 0.2) is 12.2 Å². The van der Waals surface area contributed by atoms with E-state index in [9.17, 15) is 0 Å². The van der Waals surface area contributed by atoms with Crippen LogP contribution in [0.5, 0.6) is 0 Å². The molecule has 7 rings (SSSR count). The van der Waals surface area contributed by atoms with Crippen LogP contribution >= 0.6 is 0 Å². The molecule has 1 aliphatic heterocycles. The molecule has 0 N–H and O–H groups in total. The van der Waals surface area contributed by atoms with Crippen LogP contribution < -0.4 is 0 Å². The average molecular weight is 379 g/mol. The number of hydrogen-bond donors (Lipinski definition) is 0. The highest BCUT2D eigenvalue weighted by Gasteiger charge is 2.70. The van der Waals surface area contributed by atoms with Gasteiger partial charge in [0.25, 0.3) is 0 Å². The Balaban J connectivity index is 1.46. The second-order valence-electron chi connectivity index (χ2n) is 8.15. The second kappa shape index (κ2) is 5.29. The Labute approximate surface area is 167 Å². The van der Waals surface area contributed by atoms with Crippen molar-refractivity contribution in [2.75, 3.05) is 0 Å². The summed E-state index contributed by atoms with van der Waals surface area (Å²) in [7, 11) is 0. The fourth-order valence-electron chi connectivity index (χ4n) is 4.65. The number of nitrogens with zero attached hydrogens (tertiary/aromatic N) is 5. The molecule has 3 aromatic heterocycles. The summed E-state index contributed by atoms with van der Waals surface area (Å²) in [5.41, 5.74) is 7.69. The summed E-state index contributed by atoms with van der Waals surface area (Å²) in [6.07, 6.45) is 9.46. The normalized spacial score (nSPS) is 23.4. The van der Waals surface area contributed by atoms with Gasteiger partial charge >= 0.3 is 0 Å². The molecule has 4 heterocycles. The molecule has 2 fully saturated rings. The molecule has 0 amide bonds. The largest absolute Gasteiger partial charge is 0.442 e. The molecule has 3 aliphatic rings. The van der Waals surface area contributed by atoms with Gasteiger partial charge in [0.05, 0.1) is 35.5 Å². The SMILES string of the molecule is c1ccc(C2=NCc3c(-c4cnco4)ncn3-c3ccc(C45CC4C5)cc32)nc1. The first-order valence-corrected chi connectivity index (χ1v) is 9.90. The maximum absolute atomic E-state index is 5.51. The Hall–Kier alpha value is -3.54. The number of benzene rings is 1. The summed E-state index contributed by atoms with van der Waals surface area (Å²) in [5, 5.41) is 0. The van der Waals surface area contributed by atoms with Crippen molar-refractivity contribution in [3.8, 4) is 17.1 Å². The molecule has 0 atom stereocenters. The Kier molecular flexibility index (Phi) is 2.81. The quantitative estimate of drug-likeness (QED) is 0.541. The highest BCUT2D eigenvalue weighted by molar-refractivity contribution is 6.14. The first kappa shape index (κ1) is 15.4. The van der Waals surface area contributed by atoms with E-state index in [0.29, 0.717) is 17.7 Å². The molecule has 29 heavy (non-hydrogen) atoms. The Morgan fingerprint density at radius 1 is 1.10 bits per heavy atom. The van der Waals surface area contributed by atoms with Gasteiger partial charge in [-0.25, -0.2) is 9.97 Å². The smallest absolute Gasteiger partial charge is 0.181 e. The third-order valence-corrected chi connectivity index (χ3v) is 6.60. The third kappa shape index (κ3) is 2.11. The van der Waals surface area contributed by atoms with E-state index in [-0.39, 0.29) is 0 Å². The van der Waals surface area contributed by atoms with Crippen LogP contribution in [0, 0.1) is 5.92 Å². The average Bonchev–Trinajstić information content (AvgIpc) is 3.48. The Morgan fingerprint density at radius 2 is 2.03 bits per heavy atom. The van der Waals surface area contributed by atoms with Crippen LogP contribution in [0.3, 0.4) is 0 Å². The molecule has 4 aromatic rings. The zero-order valence-corrected chi connectivity index (χ0v) is 15.6. The summed E-state index contributed by atoms with van der Waals surface area (Å²) in [4.78, 5) is 18.3. The fraction of sp³-hybridized carbons (Fsp3) is 0.217. The number of aromatic nitrogens is 4. The number of pyridine rings is 1. The van der Waals surface area contributed by atoms with Gasteiger partial charge in [-0.3, -0.25) is 14.5 Å². The van der Waals surface area contributed by atoms with Crippen molar-refractivity contribution < 1.29 is 4.42 Å². The molecule has 2 saturated carbocycles. The maximum atomic E-state index is 5.51. The second-order valence-corrected chi connectivity index (χ2v) is 8.15. The van der Waals surface area contributed by atoms with Crippen molar-refractivity contribution in [3.05, 3.63) is 84.0 Å². The lowest BCUT2D eigenvalue weighted by molar-refractivity contribution is 0.569. The number of hydrogen-bond acceptors (Lipinski definition) is 5. The topological polar surface area (TPSA) is 69.1 Å². The van der Waals surface area contributed by atoms with E-state index in [0.717, 1.165) is 40.0 Å². The highest BCUT2D eigenvalue weighted by atomic mass is 16.3. The van der Waals surface area contributed by atoms with Gasteiger partial charge in [0, 0.05) is 11.8 Å². The molecule has 0 radical (unpaired) electrons. The summed E-state index contributed by atoms with van der Waals surface area (Å²) in [6, 6.07) is 12.8. The summed E-state index contributed by atoms with van der Waals surface area (Å²) < 4.78 is 7.64. The van der Waals surface area contributed by atoms with E-state index in [1.54, 1.807) is 6.20 Å². The van der Waals surface area contributed by atoms with Gasteiger partial charge in [-0.2, -0.15) is 0 Å². The summed E-state index contributed by atoms with van der Waals surface area (Å²) >= 11 is 0. The van der Waals surface area contributed by atoms with Crippen LogP contribution in [0.4, 0.5) is 0 Å². The molecule has 2 aliphatic carbocycles. The van der Waals surface area contributed by atoms with E-state index in [2.05, 4.69) is 37.7 Å². The van der Waals surface area contributed by atoms with Crippen LogP contribution in [0.25, 0.3) is 17.1 Å². The molecule has 0 spiro atoms. The van der Waals surface area contributed by atoms with Crippen LogP contribution in [0.15, 0.2) is 70.9 Å². The zero-order chi connectivity index (χ0) is 19.0. The van der Waals surface area contributed by atoms with Crippen molar-refractivity contribution in [2.45, 2.75) is 24.8 Å². The molecule has 0 saturated heterocycles. The van der Waals surface area contributed by atoms with E-state index < -0.39 is 0 Å². The van der Waals surface area contributed by atoms with Gasteiger partial charge < -0.3 is 4.42 Å². The number of rotatable bonds is 3. The minimum absolute atomic E-state index is 0.444. The van der Waals surface area contributed by atoms with Gasteiger partial charge in [0.2, 0.25) is 0 Å². The first-order valence-electron chi connectivity index (χ1n) is 9.90. The molecule has 0 unspecified atom stereocenters. The number of aliphatic imine (C=N–C) groups is 1. The molecule has 0 bridgehead atoms. The molecular weight excluding hydrogens is 362 g/mol. The molecule has 140 valence electrons. The van der Waals surface area contributed by atoms with Crippen LogP contribution in [-0.4, -0.2) is 25.2 Å². The fourth-order valence-corrected chi connectivity index (χ4v) is 4.65. The number of fused-ring (bicyclic) bond motifs is 4. The van der Waals surface area contributed by atoms with Crippen molar-refractivity contribution in [1.82, 2.24) is 19.5 Å². The molecular formula is C23H17N5O. The van der Waals surface area contributed by atoms with Crippen LogP contribution in [0.2, 0.25) is 0 Å². The van der Waals surface area contributed by atoms with Crippen molar-refractivity contribution in [2.24, 2.45) is 10.9 Å². The Morgan fingerprint density at radius 3 is 2.79 bits per heavy atom. The van der Waals surface area contributed by atoms with Crippen molar-refractivity contribution in [3.63, 3.8) is 0 Å². The minimum atomic E-state index is 0.444. The lowest BCUT2D eigenvalue weighted by Gasteiger charge is -2.14. The van der Waals surface area contributed by atoms with Crippen molar-refractivity contribution in [1.29, 1.82) is 0 Å². The van der Waals surface area contributed by atoms with Gasteiger partial charge in [-0.05, 0) is 54.0 Å². The standard InChI is InChI=1S/C23H17N5O/c1-2-6-25-17(3-1)21-16-7-14(23-8-15(23)9-23)4-5-18(16)28-12-27-22(19(28)10-26-21)20-11-24-13-29-20/h1-7,11-13,15H,8-10H2. The number of imidazole rings is 1. The van der Waals surface area contributed by atoms with Crippen LogP contribution in [0.1, 0.15) is 35.4 Å². The first-order chi connectivity index (χ1) is 14.3. The highest BCUT2D eigenvalue weighted by Crippen LogP contribution is 2.75.